The van der Waals surface area contributed by atoms with Crippen molar-refractivity contribution in [3.63, 3.8) is 0 Å². The van der Waals surface area contributed by atoms with Gasteiger partial charge >= 0.3 is 11.9 Å². The molecular formula is C16H30O4S. The molecule has 0 unspecified atom stereocenters. The number of hydrogen-bond acceptors (Lipinski definition) is 5. The third kappa shape index (κ3) is 15.5. The molecule has 0 spiro atoms. The van der Waals surface area contributed by atoms with Gasteiger partial charge in [0.15, 0.2) is 0 Å². The minimum absolute atomic E-state index is 0.0281. The number of esters is 1. The molecule has 0 rings (SSSR count). The highest BCUT2D eigenvalue weighted by molar-refractivity contribution is 7.75. The second-order valence-electron chi connectivity index (χ2n) is 5.37. The Balaban J connectivity index is 3.18. The highest BCUT2D eigenvalue weighted by Gasteiger charge is 2.07. The van der Waals surface area contributed by atoms with E-state index in [-0.39, 0.29) is 18.8 Å². The van der Waals surface area contributed by atoms with Crippen LogP contribution in [0.15, 0.2) is 0 Å². The van der Waals surface area contributed by atoms with Gasteiger partial charge in [0.1, 0.15) is 0 Å². The van der Waals surface area contributed by atoms with Crippen molar-refractivity contribution in [2.75, 3.05) is 6.61 Å². The first-order valence-electron chi connectivity index (χ1n) is 8.20. The summed E-state index contributed by atoms with van der Waals surface area (Å²) in [6, 6.07) is 0. The van der Waals surface area contributed by atoms with Crippen LogP contribution < -0.4 is 0 Å². The Morgan fingerprint density at radius 1 is 0.762 bits per heavy atom. The van der Waals surface area contributed by atoms with Crippen LogP contribution >= 0.6 is 12.9 Å². The average Bonchev–Trinajstić information content (AvgIpc) is 2.50. The van der Waals surface area contributed by atoms with Crippen LogP contribution in [-0.2, 0) is 18.5 Å². The van der Waals surface area contributed by atoms with Crippen molar-refractivity contribution in [1.82, 2.24) is 0 Å². The normalized spacial score (nSPS) is 10.4. The molecule has 0 aliphatic carbocycles. The first kappa shape index (κ1) is 20.3. The third-order valence-corrected chi connectivity index (χ3v) is 3.60. The van der Waals surface area contributed by atoms with Gasteiger partial charge in [0.2, 0.25) is 0 Å². The Bertz CT molecular complexity index is 269. The van der Waals surface area contributed by atoms with Gasteiger partial charge in [-0.2, -0.15) is 0 Å². The molecule has 0 aliphatic heterocycles. The molecule has 0 atom stereocenters. The Labute approximate surface area is 134 Å². The average molecular weight is 318 g/mol. The van der Waals surface area contributed by atoms with Gasteiger partial charge in [-0.3, -0.25) is 9.59 Å². The number of rotatable bonds is 14. The monoisotopic (exact) mass is 318 g/mol. The second-order valence-corrected chi connectivity index (χ2v) is 5.55. The molecule has 0 aromatic carbocycles. The molecule has 0 saturated carbocycles. The van der Waals surface area contributed by atoms with Crippen LogP contribution in [0.25, 0.3) is 0 Å². The van der Waals surface area contributed by atoms with Gasteiger partial charge in [0, 0.05) is 12.9 Å². The molecule has 0 amide bonds. The van der Waals surface area contributed by atoms with Gasteiger partial charge in [0.05, 0.1) is 19.4 Å². The first-order chi connectivity index (χ1) is 10.2. The van der Waals surface area contributed by atoms with Crippen molar-refractivity contribution in [3.05, 3.63) is 0 Å². The summed E-state index contributed by atoms with van der Waals surface area (Å²) in [6.07, 6.45) is 12.6. The molecule has 0 aliphatic rings. The molecule has 0 aromatic heterocycles. The molecule has 0 fully saturated rings. The molecule has 5 heteroatoms. The van der Waals surface area contributed by atoms with Crippen LogP contribution in [-0.4, -0.2) is 18.5 Å². The van der Waals surface area contributed by atoms with E-state index in [9.17, 15) is 9.59 Å². The Morgan fingerprint density at radius 3 is 1.76 bits per heavy atom. The third-order valence-electron chi connectivity index (χ3n) is 3.40. The highest BCUT2D eigenvalue weighted by atomic mass is 32.1. The summed E-state index contributed by atoms with van der Waals surface area (Å²) in [4.78, 5) is 22.0. The largest absolute Gasteiger partial charge is 0.466 e. The van der Waals surface area contributed by atoms with Crippen molar-refractivity contribution < 1.29 is 18.5 Å². The number of hydrogen-bond donors (Lipinski definition) is 1. The zero-order valence-electron chi connectivity index (χ0n) is 13.3. The van der Waals surface area contributed by atoms with Gasteiger partial charge in [-0.15, -0.1) is 0 Å². The topological polar surface area (TPSA) is 52.6 Å². The molecule has 0 heterocycles. The zero-order valence-corrected chi connectivity index (χ0v) is 14.2. The van der Waals surface area contributed by atoms with Gasteiger partial charge in [0.25, 0.3) is 0 Å². The summed E-state index contributed by atoms with van der Waals surface area (Å²) in [5.74, 6) is -0.848. The number of unbranched alkanes of at least 4 members (excludes halogenated alkanes) is 9. The Hall–Kier alpha value is -0.710. The highest BCUT2D eigenvalue weighted by Crippen LogP contribution is 2.10. The molecule has 0 radical (unpaired) electrons. The minimum Gasteiger partial charge on any atom is -0.466 e. The van der Waals surface area contributed by atoms with Gasteiger partial charge < -0.3 is 8.92 Å². The van der Waals surface area contributed by atoms with Crippen molar-refractivity contribution in [3.8, 4) is 0 Å². The molecule has 0 aromatic rings. The molecule has 124 valence electrons. The van der Waals surface area contributed by atoms with Crippen LogP contribution in [0.1, 0.15) is 84.0 Å². The van der Waals surface area contributed by atoms with Crippen LogP contribution in [0.3, 0.4) is 0 Å². The van der Waals surface area contributed by atoms with Crippen LogP contribution in [0.4, 0.5) is 0 Å². The SMILES string of the molecule is CCCCCCCCCCCCOC(=O)CCC(=O)OS. The van der Waals surface area contributed by atoms with E-state index >= 15 is 0 Å². The molecule has 21 heavy (non-hydrogen) atoms. The number of carbonyl (C=O) groups excluding carboxylic acids is 2. The van der Waals surface area contributed by atoms with Crippen molar-refractivity contribution in [1.29, 1.82) is 0 Å². The fraction of sp³-hybridized carbons (Fsp3) is 0.875. The summed E-state index contributed by atoms with van der Waals surface area (Å²) >= 11 is 3.37. The quantitative estimate of drug-likeness (QED) is 0.220. The Kier molecular flexibility index (Phi) is 15.1. The van der Waals surface area contributed by atoms with Crippen molar-refractivity contribution in [2.45, 2.75) is 84.0 Å². The van der Waals surface area contributed by atoms with Gasteiger partial charge in [-0.05, 0) is 6.42 Å². The molecule has 0 saturated heterocycles. The van der Waals surface area contributed by atoms with E-state index in [0.717, 1.165) is 12.8 Å². The van der Waals surface area contributed by atoms with E-state index in [2.05, 4.69) is 24.0 Å². The lowest BCUT2D eigenvalue weighted by Gasteiger charge is -2.04. The van der Waals surface area contributed by atoms with Gasteiger partial charge in [-0.25, -0.2) is 0 Å². The molecule has 0 N–H and O–H groups in total. The molecule has 0 bridgehead atoms. The Morgan fingerprint density at radius 2 is 1.24 bits per heavy atom. The van der Waals surface area contributed by atoms with E-state index < -0.39 is 5.97 Å². The number of ether oxygens (including phenoxy) is 1. The second kappa shape index (κ2) is 15.7. The van der Waals surface area contributed by atoms with Crippen LogP contribution in [0.2, 0.25) is 0 Å². The number of thiol groups is 1. The maximum absolute atomic E-state index is 11.3. The van der Waals surface area contributed by atoms with Crippen LogP contribution in [0, 0.1) is 0 Å². The summed E-state index contributed by atoms with van der Waals surface area (Å²) in [7, 11) is 0. The molecule has 4 nitrogen and oxygen atoms in total. The maximum Gasteiger partial charge on any atom is 0.318 e. The minimum atomic E-state index is -0.505. The summed E-state index contributed by atoms with van der Waals surface area (Å²) in [5.41, 5.74) is 0. The zero-order chi connectivity index (χ0) is 15.8. The lowest BCUT2D eigenvalue weighted by Crippen LogP contribution is -2.08. The first-order valence-corrected chi connectivity index (χ1v) is 8.57. The predicted octanol–water partition coefficient (Wildman–Crippen LogP) is 4.62. The van der Waals surface area contributed by atoms with Crippen molar-refractivity contribution >= 4 is 24.8 Å². The lowest BCUT2D eigenvalue weighted by molar-refractivity contribution is -0.146. The van der Waals surface area contributed by atoms with E-state index in [1.54, 1.807) is 0 Å². The fourth-order valence-electron chi connectivity index (χ4n) is 2.10. The number of carbonyl (C=O) groups is 2. The van der Waals surface area contributed by atoms with E-state index in [1.165, 1.54) is 51.4 Å². The van der Waals surface area contributed by atoms with E-state index in [0.29, 0.717) is 6.61 Å². The predicted molar refractivity (Wildman–Crippen MR) is 87.1 cm³/mol. The van der Waals surface area contributed by atoms with Crippen LogP contribution in [0.5, 0.6) is 0 Å². The van der Waals surface area contributed by atoms with Crippen molar-refractivity contribution in [2.24, 2.45) is 0 Å². The lowest BCUT2D eigenvalue weighted by atomic mass is 10.1. The molecular weight excluding hydrogens is 288 g/mol. The standard InChI is InChI=1S/C16H30O4S/c1-2-3-4-5-6-7-8-9-10-11-14-19-15(17)12-13-16(18)20-21/h21H,2-14H2,1H3. The maximum atomic E-state index is 11.3. The smallest absolute Gasteiger partial charge is 0.318 e. The summed E-state index contributed by atoms with van der Waals surface area (Å²) in [5, 5.41) is 0. The van der Waals surface area contributed by atoms with Gasteiger partial charge in [-0.1, -0.05) is 64.7 Å². The summed E-state index contributed by atoms with van der Waals surface area (Å²) in [6.45, 7) is 2.68. The fourth-order valence-corrected chi connectivity index (χ4v) is 2.19. The van der Waals surface area contributed by atoms with E-state index in [1.807, 2.05) is 0 Å². The summed E-state index contributed by atoms with van der Waals surface area (Å²) < 4.78 is 9.20. The van der Waals surface area contributed by atoms with E-state index in [4.69, 9.17) is 4.74 Å².